The maximum atomic E-state index is 14.8. The molecule has 1 N–H and O–H groups in total. The number of hydrogen-bond donors (Lipinski definition) is 1. The number of hydrogen-bond acceptors (Lipinski definition) is 8. The molecule has 1 atom stereocenters. The molecule has 4 aliphatic rings. The third kappa shape index (κ3) is 6.41. The van der Waals surface area contributed by atoms with E-state index in [0.29, 0.717) is 74.6 Å². The number of carbonyl (C=O) groups is 2. The Morgan fingerprint density at radius 3 is 2.28 bits per heavy atom. The molecule has 0 bridgehead atoms. The number of esters is 1. The largest absolute Gasteiger partial charge is 0.493 e. The second-order valence-electron chi connectivity index (χ2n) is 13.1. The van der Waals surface area contributed by atoms with E-state index in [-0.39, 0.29) is 24.7 Å². The predicted molar refractivity (Wildman–Crippen MR) is 165 cm³/mol. The number of carbonyl (C=O) groups excluding carboxylic acids is 1. The Bertz CT molecular complexity index is 1470. The summed E-state index contributed by atoms with van der Waals surface area (Å²) < 4.78 is 54.5. The number of alkyl halides is 2. The molecule has 3 aliphatic heterocycles. The maximum Gasteiger partial charge on any atom is 0.311 e. The normalized spacial score (nSPS) is 23.7. The van der Waals surface area contributed by atoms with E-state index >= 15 is 0 Å². The molecule has 46 heavy (non-hydrogen) atoms. The monoisotopic (exact) mass is 645 g/mol. The lowest BCUT2D eigenvalue weighted by Crippen LogP contribution is -2.61. The number of carboxylic acid groups (broad SMARTS) is 1. The van der Waals surface area contributed by atoms with Gasteiger partial charge in [-0.05, 0) is 75.4 Å². The van der Waals surface area contributed by atoms with E-state index in [1.807, 2.05) is 32.9 Å². The van der Waals surface area contributed by atoms with Gasteiger partial charge < -0.3 is 24.3 Å². The Balaban J connectivity index is 0.00000134. The van der Waals surface area contributed by atoms with Crippen LogP contribution < -0.4 is 4.74 Å². The summed E-state index contributed by atoms with van der Waals surface area (Å²) in [6, 6.07) is 9.72. The zero-order valence-electron chi connectivity index (χ0n) is 26.8. The quantitative estimate of drug-likeness (QED) is 0.282. The van der Waals surface area contributed by atoms with Gasteiger partial charge in [-0.2, -0.15) is 0 Å². The third-order valence-electron chi connectivity index (χ3n) is 9.70. The number of benzene rings is 2. The summed E-state index contributed by atoms with van der Waals surface area (Å²) in [7, 11) is 0. The zero-order chi connectivity index (χ0) is 33.3. The predicted octanol–water partition coefficient (Wildman–Crippen LogP) is 5.84. The summed E-state index contributed by atoms with van der Waals surface area (Å²) in [6.45, 7) is 11.1. The number of amidine groups is 1. The molecule has 2 aromatic carbocycles. The SMILES string of the molecule is CCOC(=O)C1(C)CCN(C2=NOC3(C2)CN(Cc2cc(OCC)c(-c4ccc(F)cc4)c(C4(C)CC4(F)F)c2)C3)CC1.O=CO. The first-order valence-corrected chi connectivity index (χ1v) is 15.7. The molecule has 1 unspecified atom stereocenters. The Hall–Kier alpha value is -3.80. The highest BCUT2D eigenvalue weighted by molar-refractivity contribution is 5.85. The molecule has 0 radical (unpaired) electrons. The lowest BCUT2D eigenvalue weighted by atomic mass is 9.80. The fourth-order valence-corrected chi connectivity index (χ4v) is 6.82. The highest BCUT2D eigenvalue weighted by Crippen LogP contribution is 2.63. The van der Waals surface area contributed by atoms with Gasteiger partial charge >= 0.3 is 5.97 Å². The van der Waals surface area contributed by atoms with Crippen LogP contribution in [0.2, 0.25) is 0 Å². The Morgan fingerprint density at radius 1 is 1.09 bits per heavy atom. The summed E-state index contributed by atoms with van der Waals surface area (Å²) in [4.78, 5) is 31.2. The molecular weight excluding hydrogens is 603 g/mol. The van der Waals surface area contributed by atoms with E-state index in [1.165, 1.54) is 12.1 Å². The highest BCUT2D eigenvalue weighted by atomic mass is 19.3. The number of nitrogens with zero attached hydrogens (tertiary/aromatic N) is 3. The van der Waals surface area contributed by atoms with Gasteiger partial charge in [0.2, 0.25) is 0 Å². The van der Waals surface area contributed by atoms with Crippen molar-refractivity contribution in [2.45, 2.75) is 76.9 Å². The van der Waals surface area contributed by atoms with Gasteiger partial charge in [-0.25, -0.2) is 13.2 Å². The molecule has 0 amide bonds. The third-order valence-corrected chi connectivity index (χ3v) is 9.70. The van der Waals surface area contributed by atoms with E-state index in [9.17, 15) is 18.0 Å². The summed E-state index contributed by atoms with van der Waals surface area (Å²) in [5.74, 6) is -1.89. The van der Waals surface area contributed by atoms with Gasteiger partial charge in [0.1, 0.15) is 17.4 Å². The van der Waals surface area contributed by atoms with Crippen LogP contribution in [0.1, 0.15) is 64.5 Å². The molecule has 1 saturated carbocycles. The minimum atomic E-state index is -2.82. The van der Waals surface area contributed by atoms with Crippen LogP contribution in [0, 0.1) is 11.2 Å². The molecule has 1 spiro atoms. The first-order valence-electron chi connectivity index (χ1n) is 15.7. The molecular formula is C34H42F3N3O6. The molecule has 6 rings (SSSR count). The van der Waals surface area contributed by atoms with E-state index in [4.69, 9.17) is 24.2 Å². The van der Waals surface area contributed by atoms with Crippen molar-refractivity contribution in [3.8, 4) is 16.9 Å². The Labute approximate surface area is 267 Å². The first kappa shape index (κ1) is 33.6. The van der Waals surface area contributed by atoms with Crippen molar-refractivity contribution in [2.75, 3.05) is 39.4 Å². The smallest absolute Gasteiger partial charge is 0.311 e. The number of rotatable bonds is 8. The Morgan fingerprint density at radius 2 is 1.72 bits per heavy atom. The van der Waals surface area contributed by atoms with Gasteiger partial charge in [-0.1, -0.05) is 23.4 Å². The lowest BCUT2D eigenvalue weighted by molar-refractivity contribution is -0.156. The fraction of sp³-hybridized carbons (Fsp3) is 0.559. The average Bonchev–Trinajstić information content (AvgIpc) is 3.29. The minimum Gasteiger partial charge on any atom is -0.493 e. The number of halogens is 3. The van der Waals surface area contributed by atoms with E-state index in [2.05, 4.69) is 15.0 Å². The van der Waals surface area contributed by atoms with Crippen molar-refractivity contribution in [3.05, 3.63) is 53.3 Å². The van der Waals surface area contributed by atoms with Gasteiger partial charge in [0.25, 0.3) is 12.4 Å². The maximum absolute atomic E-state index is 14.8. The lowest BCUT2D eigenvalue weighted by Gasteiger charge is -2.46. The van der Waals surface area contributed by atoms with Gasteiger partial charge in [0.05, 0.1) is 30.5 Å². The van der Waals surface area contributed by atoms with Crippen LogP contribution in [0.3, 0.4) is 0 Å². The number of oxime groups is 1. The molecule has 9 nitrogen and oxygen atoms in total. The fourth-order valence-electron chi connectivity index (χ4n) is 6.82. The van der Waals surface area contributed by atoms with Crippen molar-refractivity contribution >= 4 is 18.3 Å². The topological polar surface area (TPSA) is 101 Å². The van der Waals surface area contributed by atoms with Crippen LogP contribution in [0.5, 0.6) is 5.75 Å². The van der Waals surface area contributed by atoms with E-state index in [0.717, 1.165) is 24.5 Å². The van der Waals surface area contributed by atoms with Gasteiger partial charge in [-0.15, -0.1) is 0 Å². The standard InChI is InChI=1S/C33H40F3N3O4.CH2O2/c1-5-41-26-16-22(15-25(31(4)19-33(31,35)36)28(26)23-7-9-24(34)10-8-23)18-38-20-32(21-38)17-27(37-43-32)39-13-11-30(3,12-14-39)29(40)42-6-2;2-1-3/h7-10,15-16H,5-6,11-14,17-21H2,1-4H3;1H,(H,2,3). The van der Waals surface area contributed by atoms with Crippen molar-refractivity contribution in [1.29, 1.82) is 0 Å². The second-order valence-corrected chi connectivity index (χ2v) is 13.1. The molecule has 1 aliphatic carbocycles. The van der Waals surface area contributed by atoms with E-state index < -0.39 is 22.4 Å². The Kier molecular flexibility index (Phi) is 9.32. The van der Waals surface area contributed by atoms with Crippen LogP contribution >= 0.6 is 0 Å². The van der Waals surface area contributed by atoms with Crippen LogP contribution in [-0.2, 0) is 31.1 Å². The van der Waals surface area contributed by atoms with Gasteiger partial charge in [0.15, 0.2) is 5.60 Å². The van der Waals surface area contributed by atoms with Crippen molar-refractivity contribution in [2.24, 2.45) is 10.6 Å². The molecule has 12 heteroatoms. The average molecular weight is 646 g/mol. The van der Waals surface area contributed by atoms with Crippen LogP contribution in [0.4, 0.5) is 13.2 Å². The summed E-state index contributed by atoms with van der Waals surface area (Å²) in [5.41, 5.74) is 0.491. The van der Waals surface area contributed by atoms with Crippen molar-refractivity contribution in [1.82, 2.24) is 9.80 Å². The summed E-state index contributed by atoms with van der Waals surface area (Å²) in [5, 5.41) is 11.3. The zero-order valence-corrected chi connectivity index (χ0v) is 26.8. The second kappa shape index (κ2) is 12.8. The summed E-state index contributed by atoms with van der Waals surface area (Å²) in [6.07, 6.45) is 1.88. The number of piperidine rings is 1. The highest BCUT2D eigenvalue weighted by Gasteiger charge is 2.69. The summed E-state index contributed by atoms with van der Waals surface area (Å²) >= 11 is 0. The minimum absolute atomic E-state index is 0.133. The molecule has 3 fully saturated rings. The molecule has 2 saturated heterocycles. The molecule has 0 aromatic heterocycles. The number of likely N-dealkylation sites (tertiary alicyclic amines) is 2. The molecule has 3 heterocycles. The van der Waals surface area contributed by atoms with Crippen LogP contribution in [0.25, 0.3) is 11.1 Å². The van der Waals surface area contributed by atoms with Crippen molar-refractivity contribution in [3.63, 3.8) is 0 Å². The number of ether oxygens (including phenoxy) is 2. The van der Waals surface area contributed by atoms with Crippen molar-refractivity contribution < 1.29 is 42.2 Å². The molecule has 250 valence electrons. The van der Waals surface area contributed by atoms with E-state index in [1.54, 1.807) is 19.1 Å². The first-order chi connectivity index (χ1) is 21.8. The van der Waals surface area contributed by atoms with Gasteiger partial charge in [0, 0.05) is 44.7 Å². The van der Waals surface area contributed by atoms with Crippen LogP contribution in [-0.4, -0.2) is 84.1 Å². The van der Waals surface area contributed by atoms with Crippen LogP contribution in [0.15, 0.2) is 41.6 Å². The van der Waals surface area contributed by atoms with Gasteiger partial charge in [-0.3, -0.25) is 14.5 Å². The molecule has 2 aromatic rings.